The van der Waals surface area contributed by atoms with Crippen molar-refractivity contribution in [2.24, 2.45) is 0 Å². The highest BCUT2D eigenvalue weighted by Gasteiger charge is 2.17. The topological polar surface area (TPSA) is 35.5 Å². The van der Waals surface area contributed by atoms with Gasteiger partial charge in [-0.1, -0.05) is 48.0 Å². The van der Waals surface area contributed by atoms with E-state index in [4.69, 9.17) is 21.1 Å². The number of ether oxygens (including phenoxy) is 2. The van der Waals surface area contributed by atoms with Crippen LogP contribution in [0.15, 0.2) is 48.5 Å². The summed E-state index contributed by atoms with van der Waals surface area (Å²) < 4.78 is 10.4. The van der Waals surface area contributed by atoms with Gasteiger partial charge in [-0.3, -0.25) is 4.79 Å². The third-order valence-corrected chi connectivity index (χ3v) is 3.54. The third kappa shape index (κ3) is 3.99. The molecule has 1 unspecified atom stereocenters. The van der Waals surface area contributed by atoms with Gasteiger partial charge in [-0.2, -0.15) is 0 Å². The zero-order valence-corrected chi connectivity index (χ0v) is 12.8. The molecule has 2 aromatic rings. The molecule has 0 aliphatic rings. The summed E-state index contributed by atoms with van der Waals surface area (Å²) in [5.74, 6) is -0.0407. The molecule has 2 rings (SSSR count). The summed E-state index contributed by atoms with van der Waals surface area (Å²) in [4.78, 5) is 11.5. The Morgan fingerprint density at radius 1 is 1.19 bits per heavy atom. The highest BCUT2D eigenvalue weighted by molar-refractivity contribution is 6.32. The molecule has 110 valence electrons. The van der Waals surface area contributed by atoms with E-state index in [0.717, 1.165) is 11.1 Å². The number of benzene rings is 2. The van der Waals surface area contributed by atoms with E-state index < -0.39 is 0 Å². The SMILES string of the molecule is COC(=O)C(C)c1ccc(OCc2ccccc2)c(Cl)c1. The van der Waals surface area contributed by atoms with Crippen LogP contribution >= 0.6 is 11.6 Å². The van der Waals surface area contributed by atoms with Crippen LogP contribution < -0.4 is 4.74 Å². The van der Waals surface area contributed by atoms with Crippen molar-refractivity contribution >= 4 is 17.6 Å². The van der Waals surface area contributed by atoms with Crippen LogP contribution in [0.5, 0.6) is 5.75 Å². The molecule has 0 spiro atoms. The minimum absolute atomic E-state index is 0.288. The zero-order chi connectivity index (χ0) is 15.2. The molecule has 0 N–H and O–H groups in total. The van der Waals surface area contributed by atoms with Gasteiger partial charge in [0.05, 0.1) is 18.1 Å². The molecule has 3 nitrogen and oxygen atoms in total. The van der Waals surface area contributed by atoms with Gasteiger partial charge in [0.1, 0.15) is 12.4 Å². The lowest BCUT2D eigenvalue weighted by Gasteiger charge is -2.13. The molecule has 1 atom stereocenters. The normalized spacial score (nSPS) is 11.8. The van der Waals surface area contributed by atoms with Crippen LogP contribution in [-0.2, 0) is 16.1 Å². The fourth-order valence-electron chi connectivity index (χ4n) is 1.95. The van der Waals surface area contributed by atoms with Crippen LogP contribution in [0.4, 0.5) is 0 Å². The van der Waals surface area contributed by atoms with E-state index >= 15 is 0 Å². The van der Waals surface area contributed by atoms with Crippen LogP contribution in [0.3, 0.4) is 0 Å². The summed E-state index contributed by atoms with van der Waals surface area (Å²) in [6.45, 7) is 2.23. The minimum atomic E-state index is -0.351. The first-order valence-electron chi connectivity index (χ1n) is 6.66. The second-order valence-corrected chi connectivity index (χ2v) is 5.12. The molecule has 2 aromatic carbocycles. The molecule has 0 radical (unpaired) electrons. The van der Waals surface area contributed by atoms with Gasteiger partial charge in [-0.25, -0.2) is 0 Å². The smallest absolute Gasteiger partial charge is 0.312 e. The predicted octanol–water partition coefficient (Wildman–Crippen LogP) is 4.20. The lowest BCUT2D eigenvalue weighted by Crippen LogP contribution is -2.10. The quantitative estimate of drug-likeness (QED) is 0.777. The van der Waals surface area contributed by atoms with E-state index in [-0.39, 0.29) is 11.9 Å². The van der Waals surface area contributed by atoms with Crippen molar-refractivity contribution in [3.8, 4) is 5.75 Å². The summed E-state index contributed by atoms with van der Waals surface area (Å²) in [6.07, 6.45) is 0. The number of rotatable bonds is 5. The van der Waals surface area contributed by atoms with Gasteiger partial charge in [0, 0.05) is 0 Å². The first-order valence-corrected chi connectivity index (χ1v) is 7.03. The van der Waals surface area contributed by atoms with E-state index in [1.54, 1.807) is 19.1 Å². The molecule has 0 aliphatic carbocycles. The van der Waals surface area contributed by atoms with Gasteiger partial charge >= 0.3 is 5.97 Å². The number of carbonyl (C=O) groups is 1. The van der Waals surface area contributed by atoms with Crippen LogP contribution in [-0.4, -0.2) is 13.1 Å². The second kappa shape index (κ2) is 7.14. The molecule has 0 heterocycles. The van der Waals surface area contributed by atoms with Crippen molar-refractivity contribution in [3.63, 3.8) is 0 Å². The Morgan fingerprint density at radius 3 is 2.52 bits per heavy atom. The number of carbonyl (C=O) groups excluding carboxylic acids is 1. The van der Waals surface area contributed by atoms with Gasteiger partial charge in [0.25, 0.3) is 0 Å². The summed E-state index contributed by atoms with van der Waals surface area (Å²) >= 11 is 6.21. The molecule has 0 amide bonds. The fourth-order valence-corrected chi connectivity index (χ4v) is 2.20. The van der Waals surface area contributed by atoms with Crippen LogP contribution in [0.25, 0.3) is 0 Å². The van der Waals surface area contributed by atoms with Crippen molar-refractivity contribution in [2.75, 3.05) is 7.11 Å². The predicted molar refractivity (Wildman–Crippen MR) is 82.7 cm³/mol. The van der Waals surface area contributed by atoms with E-state index in [1.807, 2.05) is 36.4 Å². The standard InChI is InChI=1S/C17H17ClO3/c1-12(17(19)20-2)14-8-9-16(15(18)10-14)21-11-13-6-4-3-5-7-13/h3-10,12H,11H2,1-2H3. The molecule has 4 heteroatoms. The Labute approximate surface area is 129 Å². The van der Waals surface area contributed by atoms with Crippen molar-refractivity contribution in [1.29, 1.82) is 0 Å². The lowest BCUT2D eigenvalue weighted by atomic mass is 10.0. The van der Waals surface area contributed by atoms with Crippen LogP contribution in [0.2, 0.25) is 5.02 Å². The molecular weight excluding hydrogens is 288 g/mol. The Balaban J connectivity index is 2.07. The van der Waals surface area contributed by atoms with Crippen LogP contribution in [0, 0.1) is 0 Å². The highest BCUT2D eigenvalue weighted by Crippen LogP contribution is 2.29. The third-order valence-electron chi connectivity index (χ3n) is 3.25. The summed E-state index contributed by atoms with van der Waals surface area (Å²) in [5.41, 5.74) is 1.87. The zero-order valence-electron chi connectivity index (χ0n) is 12.0. The Kier molecular flexibility index (Phi) is 5.23. The van der Waals surface area contributed by atoms with Gasteiger partial charge in [-0.15, -0.1) is 0 Å². The number of esters is 1. The highest BCUT2D eigenvalue weighted by atomic mass is 35.5. The number of methoxy groups -OCH3 is 1. The maximum Gasteiger partial charge on any atom is 0.312 e. The molecule has 21 heavy (non-hydrogen) atoms. The van der Waals surface area contributed by atoms with Crippen molar-refractivity contribution in [1.82, 2.24) is 0 Å². The maximum atomic E-state index is 11.5. The Bertz CT molecular complexity index is 611. The molecule has 0 aliphatic heterocycles. The van der Waals surface area contributed by atoms with E-state index in [1.165, 1.54) is 7.11 Å². The Hall–Kier alpha value is -2.00. The largest absolute Gasteiger partial charge is 0.487 e. The average molecular weight is 305 g/mol. The number of hydrogen-bond donors (Lipinski definition) is 0. The van der Waals surface area contributed by atoms with E-state index in [0.29, 0.717) is 17.4 Å². The second-order valence-electron chi connectivity index (χ2n) is 4.71. The van der Waals surface area contributed by atoms with E-state index in [2.05, 4.69) is 0 Å². The Morgan fingerprint density at radius 2 is 1.90 bits per heavy atom. The van der Waals surface area contributed by atoms with Gasteiger partial charge in [0.15, 0.2) is 0 Å². The van der Waals surface area contributed by atoms with Crippen molar-refractivity contribution in [3.05, 3.63) is 64.7 Å². The molecule has 0 fully saturated rings. The van der Waals surface area contributed by atoms with Crippen LogP contribution in [0.1, 0.15) is 24.0 Å². The molecular formula is C17H17ClO3. The fraction of sp³-hybridized carbons (Fsp3) is 0.235. The first kappa shape index (κ1) is 15.4. The van der Waals surface area contributed by atoms with Gasteiger partial charge in [-0.05, 0) is 30.2 Å². The monoisotopic (exact) mass is 304 g/mol. The van der Waals surface area contributed by atoms with Gasteiger partial charge in [0.2, 0.25) is 0 Å². The first-order chi connectivity index (χ1) is 10.1. The average Bonchev–Trinajstić information content (AvgIpc) is 2.53. The molecule has 0 bridgehead atoms. The summed E-state index contributed by atoms with van der Waals surface area (Å²) in [5, 5.41) is 0.485. The molecule has 0 aromatic heterocycles. The summed E-state index contributed by atoms with van der Waals surface area (Å²) in [6, 6.07) is 15.2. The van der Waals surface area contributed by atoms with Crippen molar-refractivity contribution in [2.45, 2.75) is 19.4 Å². The minimum Gasteiger partial charge on any atom is -0.487 e. The van der Waals surface area contributed by atoms with E-state index in [9.17, 15) is 4.79 Å². The molecule has 0 saturated heterocycles. The summed E-state index contributed by atoms with van der Waals surface area (Å²) in [7, 11) is 1.37. The van der Waals surface area contributed by atoms with Gasteiger partial charge < -0.3 is 9.47 Å². The van der Waals surface area contributed by atoms with Crippen molar-refractivity contribution < 1.29 is 14.3 Å². The lowest BCUT2D eigenvalue weighted by molar-refractivity contribution is -0.141. The maximum absolute atomic E-state index is 11.5. The number of hydrogen-bond acceptors (Lipinski definition) is 3. The number of halogens is 1. The molecule has 0 saturated carbocycles.